The Labute approximate surface area is 128 Å². The molecular formula is C16H19NO5. The Morgan fingerprint density at radius 1 is 1.41 bits per heavy atom. The molecule has 6 nitrogen and oxygen atoms in total. The Bertz CT molecular complexity index is 609. The van der Waals surface area contributed by atoms with Gasteiger partial charge in [-0.25, -0.2) is 0 Å². The van der Waals surface area contributed by atoms with E-state index >= 15 is 0 Å². The van der Waals surface area contributed by atoms with Crippen LogP contribution in [0.25, 0.3) is 6.08 Å². The van der Waals surface area contributed by atoms with E-state index in [1.165, 1.54) is 4.90 Å². The van der Waals surface area contributed by atoms with Gasteiger partial charge >= 0.3 is 5.97 Å². The van der Waals surface area contributed by atoms with Crippen molar-refractivity contribution in [1.82, 2.24) is 4.90 Å². The van der Waals surface area contributed by atoms with E-state index in [0.717, 1.165) is 5.56 Å². The van der Waals surface area contributed by atoms with Crippen LogP contribution in [0.15, 0.2) is 23.8 Å². The Morgan fingerprint density at radius 3 is 2.86 bits per heavy atom. The zero-order valence-corrected chi connectivity index (χ0v) is 12.7. The number of carbonyl (C=O) groups is 2. The highest BCUT2D eigenvalue weighted by Gasteiger charge is 2.22. The van der Waals surface area contributed by atoms with Crippen LogP contribution in [0, 0.1) is 0 Å². The Hall–Kier alpha value is -2.50. The van der Waals surface area contributed by atoms with Crippen molar-refractivity contribution < 1.29 is 24.2 Å². The average Bonchev–Trinajstić information content (AvgIpc) is 2.52. The minimum atomic E-state index is -0.859. The first-order valence-corrected chi connectivity index (χ1v) is 7.00. The van der Waals surface area contributed by atoms with Crippen LogP contribution in [0.2, 0.25) is 0 Å². The smallest absolute Gasteiger partial charge is 0.303 e. The maximum absolute atomic E-state index is 12.3. The maximum Gasteiger partial charge on any atom is 0.303 e. The van der Waals surface area contributed by atoms with Gasteiger partial charge in [-0.15, -0.1) is 0 Å². The predicted molar refractivity (Wildman–Crippen MR) is 81.0 cm³/mol. The molecule has 6 heteroatoms. The van der Waals surface area contributed by atoms with E-state index in [9.17, 15) is 9.59 Å². The highest BCUT2D eigenvalue weighted by Crippen LogP contribution is 2.35. The topological polar surface area (TPSA) is 76.1 Å². The van der Waals surface area contributed by atoms with Crippen molar-refractivity contribution in [3.63, 3.8) is 0 Å². The van der Waals surface area contributed by atoms with Crippen LogP contribution in [0.1, 0.15) is 18.4 Å². The molecule has 1 heterocycles. The van der Waals surface area contributed by atoms with Crippen molar-refractivity contribution in [2.45, 2.75) is 12.8 Å². The third-order valence-corrected chi connectivity index (χ3v) is 3.44. The number of para-hydroxylation sites is 1. The molecule has 0 spiro atoms. The standard InChI is InChI=1S/C16H19NO5/c1-17(8-4-7-14(18)19)16(20)12-9-11-5-3-6-13(21-2)15(11)22-10-12/h3,5-6,9H,4,7-8,10H2,1-2H3,(H,18,19). The summed E-state index contributed by atoms with van der Waals surface area (Å²) in [5.74, 6) is 0.256. The van der Waals surface area contributed by atoms with Crippen molar-refractivity contribution in [3.8, 4) is 11.5 Å². The second-order valence-corrected chi connectivity index (χ2v) is 5.06. The zero-order valence-electron chi connectivity index (χ0n) is 12.7. The number of ether oxygens (including phenoxy) is 2. The number of amides is 1. The molecule has 0 aromatic heterocycles. The Kier molecular flexibility index (Phi) is 5.04. The molecule has 22 heavy (non-hydrogen) atoms. The second kappa shape index (κ2) is 6.98. The Morgan fingerprint density at radius 2 is 2.18 bits per heavy atom. The number of hydrogen-bond acceptors (Lipinski definition) is 4. The van der Waals surface area contributed by atoms with Crippen LogP contribution in [0.4, 0.5) is 0 Å². The van der Waals surface area contributed by atoms with E-state index in [0.29, 0.717) is 30.0 Å². The predicted octanol–water partition coefficient (Wildman–Crippen LogP) is 1.79. The van der Waals surface area contributed by atoms with Crippen molar-refractivity contribution in [1.29, 1.82) is 0 Å². The van der Waals surface area contributed by atoms with Crippen LogP contribution >= 0.6 is 0 Å². The number of aliphatic carboxylic acids is 1. The molecule has 0 bridgehead atoms. The number of benzene rings is 1. The summed E-state index contributed by atoms with van der Waals surface area (Å²) in [5.41, 5.74) is 1.34. The fourth-order valence-corrected chi connectivity index (χ4v) is 2.28. The van der Waals surface area contributed by atoms with Gasteiger partial charge in [-0.3, -0.25) is 9.59 Å². The monoisotopic (exact) mass is 305 g/mol. The molecule has 0 saturated heterocycles. The number of hydrogen-bond donors (Lipinski definition) is 1. The lowest BCUT2D eigenvalue weighted by Crippen LogP contribution is -2.32. The SMILES string of the molecule is COc1cccc2c1OCC(C(=O)N(C)CCCC(=O)O)=C2. The summed E-state index contributed by atoms with van der Waals surface area (Å²) in [4.78, 5) is 24.4. The lowest BCUT2D eigenvalue weighted by atomic mass is 10.1. The highest BCUT2D eigenvalue weighted by atomic mass is 16.5. The number of rotatable bonds is 6. The van der Waals surface area contributed by atoms with Gasteiger partial charge in [0.1, 0.15) is 6.61 Å². The van der Waals surface area contributed by atoms with E-state index in [1.54, 1.807) is 26.3 Å². The summed E-state index contributed by atoms with van der Waals surface area (Å²) < 4.78 is 10.9. The van der Waals surface area contributed by atoms with Crippen LogP contribution < -0.4 is 9.47 Å². The number of fused-ring (bicyclic) bond motifs is 1. The molecule has 1 aromatic rings. The molecule has 1 aliphatic rings. The second-order valence-electron chi connectivity index (χ2n) is 5.06. The summed E-state index contributed by atoms with van der Waals surface area (Å²) in [6, 6.07) is 5.49. The third-order valence-electron chi connectivity index (χ3n) is 3.44. The number of carboxylic acids is 1. The molecule has 0 radical (unpaired) electrons. The minimum absolute atomic E-state index is 0.0488. The molecule has 1 amide bonds. The van der Waals surface area contributed by atoms with Gasteiger partial charge in [0, 0.05) is 25.6 Å². The largest absolute Gasteiger partial charge is 0.493 e. The molecule has 1 N–H and O–H groups in total. The first kappa shape index (κ1) is 15.9. The van der Waals surface area contributed by atoms with E-state index in [4.69, 9.17) is 14.6 Å². The molecule has 1 aromatic carbocycles. The number of carboxylic acid groups (broad SMARTS) is 1. The van der Waals surface area contributed by atoms with Crippen LogP contribution in [0.5, 0.6) is 11.5 Å². The summed E-state index contributed by atoms with van der Waals surface area (Å²) >= 11 is 0. The van der Waals surface area contributed by atoms with Gasteiger partial charge in [-0.2, -0.15) is 0 Å². The summed E-state index contributed by atoms with van der Waals surface area (Å²) in [6.45, 7) is 0.572. The third kappa shape index (κ3) is 3.58. The number of carbonyl (C=O) groups excluding carboxylic acids is 1. The lowest BCUT2D eigenvalue weighted by molar-refractivity contribution is -0.137. The van der Waals surface area contributed by atoms with Gasteiger partial charge in [-0.05, 0) is 18.6 Å². The van der Waals surface area contributed by atoms with E-state index in [1.807, 2.05) is 12.1 Å². The Balaban J connectivity index is 2.07. The van der Waals surface area contributed by atoms with E-state index in [-0.39, 0.29) is 18.9 Å². The van der Waals surface area contributed by atoms with E-state index in [2.05, 4.69) is 0 Å². The molecule has 0 unspecified atom stereocenters. The summed E-state index contributed by atoms with van der Waals surface area (Å²) in [7, 11) is 3.23. The van der Waals surface area contributed by atoms with Gasteiger partial charge in [0.05, 0.1) is 12.7 Å². The van der Waals surface area contributed by atoms with Crippen LogP contribution in [-0.4, -0.2) is 49.2 Å². The molecule has 0 aliphatic carbocycles. The molecule has 1 aliphatic heterocycles. The highest BCUT2D eigenvalue weighted by molar-refractivity contribution is 5.99. The summed E-state index contributed by atoms with van der Waals surface area (Å²) in [5, 5.41) is 8.63. The first-order chi connectivity index (χ1) is 10.5. The molecule has 0 saturated carbocycles. The molecule has 0 fully saturated rings. The first-order valence-electron chi connectivity index (χ1n) is 7.00. The summed E-state index contributed by atoms with van der Waals surface area (Å²) in [6.07, 6.45) is 2.26. The normalized spacial score (nSPS) is 12.7. The number of likely N-dealkylation sites (N-methyl/N-ethyl adjacent to an activating group) is 1. The van der Waals surface area contributed by atoms with Crippen LogP contribution in [0.3, 0.4) is 0 Å². The zero-order chi connectivity index (χ0) is 16.1. The fourth-order valence-electron chi connectivity index (χ4n) is 2.28. The van der Waals surface area contributed by atoms with Gasteiger partial charge in [-0.1, -0.05) is 12.1 Å². The van der Waals surface area contributed by atoms with E-state index < -0.39 is 5.97 Å². The maximum atomic E-state index is 12.3. The molecule has 2 rings (SSSR count). The van der Waals surface area contributed by atoms with Gasteiger partial charge in [0.2, 0.25) is 0 Å². The van der Waals surface area contributed by atoms with Crippen molar-refractivity contribution in [2.75, 3.05) is 27.3 Å². The van der Waals surface area contributed by atoms with Gasteiger partial charge in [0.15, 0.2) is 11.5 Å². The van der Waals surface area contributed by atoms with Crippen molar-refractivity contribution in [3.05, 3.63) is 29.3 Å². The average molecular weight is 305 g/mol. The number of nitrogens with zero attached hydrogens (tertiary/aromatic N) is 1. The minimum Gasteiger partial charge on any atom is -0.493 e. The fraction of sp³-hybridized carbons (Fsp3) is 0.375. The van der Waals surface area contributed by atoms with Gasteiger partial charge in [0.25, 0.3) is 5.91 Å². The quantitative estimate of drug-likeness (QED) is 0.867. The van der Waals surface area contributed by atoms with Crippen LogP contribution in [-0.2, 0) is 9.59 Å². The lowest BCUT2D eigenvalue weighted by Gasteiger charge is -2.23. The van der Waals surface area contributed by atoms with Crippen molar-refractivity contribution in [2.24, 2.45) is 0 Å². The van der Waals surface area contributed by atoms with Gasteiger partial charge < -0.3 is 19.5 Å². The van der Waals surface area contributed by atoms with Crippen molar-refractivity contribution >= 4 is 18.0 Å². The molecule has 118 valence electrons. The molecule has 0 atom stereocenters. The number of methoxy groups -OCH3 is 1. The molecular weight excluding hydrogens is 286 g/mol.